The summed E-state index contributed by atoms with van der Waals surface area (Å²) in [5.41, 5.74) is 6.71. The van der Waals surface area contributed by atoms with E-state index in [4.69, 9.17) is 15.7 Å². The molecule has 17 heavy (non-hydrogen) atoms. The Kier molecular flexibility index (Phi) is 6.06. The lowest BCUT2D eigenvalue weighted by Crippen LogP contribution is -2.35. The third kappa shape index (κ3) is 5.33. The first-order chi connectivity index (χ1) is 8.26. The van der Waals surface area contributed by atoms with E-state index in [-0.39, 0.29) is 5.84 Å². The van der Waals surface area contributed by atoms with Gasteiger partial charge in [-0.1, -0.05) is 35.5 Å². The molecule has 0 saturated heterocycles. The van der Waals surface area contributed by atoms with Crippen LogP contribution in [0.3, 0.4) is 0 Å². The van der Waals surface area contributed by atoms with Crippen LogP contribution in [0.5, 0.6) is 0 Å². The first-order valence-corrected chi connectivity index (χ1v) is 5.48. The molecule has 0 aliphatic heterocycles. The van der Waals surface area contributed by atoms with Gasteiger partial charge in [-0.15, -0.1) is 0 Å². The zero-order valence-electron chi connectivity index (χ0n) is 10.0. The lowest BCUT2D eigenvalue weighted by atomic mass is 10.2. The van der Waals surface area contributed by atoms with Crippen LogP contribution in [0.25, 0.3) is 0 Å². The molecule has 0 amide bonds. The Labute approximate surface area is 101 Å². The van der Waals surface area contributed by atoms with E-state index in [1.54, 1.807) is 7.11 Å². The largest absolute Gasteiger partial charge is 0.409 e. The van der Waals surface area contributed by atoms with E-state index in [9.17, 15) is 0 Å². The summed E-state index contributed by atoms with van der Waals surface area (Å²) in [5, 5.41) is 11.6. The highest BCUT2D eigenvalue weighted by molar-refractivity contribution is 5.81. The smallest absolute Gasteiger partial charge is 0.153 e. The van der Waals surface area contributed by atoms with Crippen LogP contribution in [0.15, 0.2) is 35.5 Å². The number of benzene rings is 1. The second-order valence-electron chi connectivity index (χ2n) is 3.78. The predicted octanol–water partition coefficient (Wildman–Crippen LogP) is 0.881. The van der Waals surface area contributed by atoms with Gasteiger partial charge in [-0.3, -0.25) is 4.90 Å². The van der Waals surface area contributed by atoms with E-state index in [2.05, 4.69) is 10.1 Å². The van der Waals surface area contributed by atoms with E-state index in [1.807, 2.05) is 30.3 Å². The van der Waals surface area contributed by atoms with Crippen molar-refractivity contribution >= 4 is 5.84 Å². The number of nitrogens with zero attached hydrogens (tertiary/aromatic N) is 2. The van der Waals surface area contributed by atoms with E-state index in [0.29, 0.717) is 13.2 Å². The molecule has 0 aliphatic rings. The average molecular weight is 237 g/mol. The first-order valence-electron chi connectivity index (χ1n) is 5.48. The Bertz CT molecular complexity index is 341. The molecule has 5 heteroatoms. The minimum absolute atomic E-state index is 0.206. The molecule has 0 bridgehead atoms. The molecular weight excluding hydrogens is 218 g/mol. The van der Waals surface area contributed by atoms with E-state index in [1.165, 1.54) is 5.56 Å². The Morgan fingerprint density at radius 2 is 2.12 bits per heavy atom. The van der Waals surface area contributed by atoms with Crippen LogP contribution in [-0.2, 0) is 11.3 Å². The summed E-state index contributed by atoms with van der Waals surface area (Å²) in [6, 6.07) is 10.1. The maximum Gasteiger partial charge on any atom is 0.153 e. The summed E-state index contributed by atoms with van der Waals surface area (Å²) in [5.74, 6) is 0.206. The van der Waals surface area contributed by atoms with Crippen LogP contribution in [0.2, 0.25) is 0 Å². The Balaban J connectivity index is 2.56. The normalized spacial score (nSPS) is 12.0. The quantitative estimate of drug-likeness (QED) is 0.320. The molecule has 94 valence electrons. The summed E-state index contributed by atoms with van der Waals surface area (Å²) in [4.78, 5) is 2.06. The molecule has 5 nitrogen and oxygen atoms in total. The first kappa shape index (κ1) is 13.5. The van der Waals surface area contributed by atoms with Gasteiger partial charge in [0.25, 0.3) is 0 Å². The minimum Gasteiger partial charge on any atom is -0.409 e. The second kappa shape index (κ2) is 7.65. The van der Waals surface area contributed by atoms with E-state index in [0.717, 1.165) is 13.1 Å². The molecule has 1 rings (SSSR count). The summed E-state index contributed by atoms with van der Waals surface area (Å²) in [7, 11) is 1.66. The lowest BCUT2D eigenvalue weighted by Gasteiger charge is -2.21. The molecule has 0 aromatic heterocycles. The molecule has 1 aromatic carbocycles. The molecule has 0 saturated carbocycles. The van der Waals surface area contributed by atoms with E-state index >= 15 is 0 Å². The molecule has 0 fully saturated rings. The molecule has 0 aliphatic carbocycles. The highest BCUT2D eigenvalue weighted by Gasteiger charge is 2.07. The van der Waals surface area contributed by atoms with Crippen molar-refractivity contribution in [3.05, 3.63) is 35.9 Å². The van der Waals surface area contributed by atoms with Crippen LogP contribution in [0.1, 0.15) is 5.56 Å². The van der Waals surface area contributed by atoms with Crippen molar-refractivity contribution in [3.8, 4) is 0 Å². The number of amidine groups is 1. The van der Waals surface area contributed by atoms with Gasteiger partial charge in [0.2, 0.25) is 0 Å². The van der Waals surface area contributed by atoms with Crippen LogP contribution in [0.4, 0.5) is 0 Å². The number of nitrogens with two attached hydrogens (primary N) is 1. The SMILES string of the molecule is COCCN(C/C(N)=N/O)Cc1ccccc1. The van der Waals surface area contributed by atoms with Gasteiger partial charge in [-0.25, -0.2) is 0 Å². The van der Waals surface area contributed by atoms with Gasteiger partial charge < -0.3 is 15.7 Å². The van der Waals surface area contributed by atoms with Crippen molar-refractivity contribution in [2.24, 2.45) is 10.9 Å². The van der Waals surface area contributed by atoms with Crippen molar-refractivity contribution in [2.45, 2.75) is 6.54 Å². The van der Waals surface area contributed by atoms with Gasteiger partial charge in [0.05, 0.1) is 13.2 Å². The Morgan fingerprint density at radius 1 is 1.41 bits per heavy atom. The molecule has 0 spiro atoms. The maximum absolute atomic E-state index is 8.58. The van der Waals surface area contributed by atoms with Crippen LogP contribution in [0, 0.1) is 0 Å². The summed E-state index contributed by atoms with van der Waals surface area (Å²) >= 11 is 0. The van der Waals surface area contributed by atoms with Crippen molar-refractivity contribution in [3.63, 3.8) is 0 Å². The van der Waals surface area contributed by atoms with Crippen molar-refractivity contribution in [1.82, 2.24) is 4.90 Å². The fourth-order valence-electron chi connectivity index (χ4n) is 1.54. The average Bonchev–Trinajstić information content (AvgIpc) is 2.37. The topological polar surface area (TPSA) is 71.1 Å². The molecule has 0 atom stereocenters. The highest BCUT2D eigenvalue weighted by atomic mass is 16.5. The zero-order valence-corrected chi connectivity index (χ0v) is 10.0. The molecule has 0 heterocycles. The molecule has 0 radical (unpaired) electrons. The molecule has 1 aromatic rings. The number of ether oxygens (including phenoxy) is 1. The summed E-state index contributed by atoms with van der Waals surface area (Å²) in [6.45, 7) is 2.53. The van der Waals surface area contributed by atoms with Crippen LogP contribution in [-0.4, -0.2) is 42.7 Å². The predicted molar refractivity (Wildman–Crippen MR) is 67.0 cm³/mol. The number of methoxy groups -OCH3 is 1. The maximum atomic E-state index is 8.58. The monoisotopic (exact) mass is 237 g/mol. The molecule has 3 N–H and O–H groups in total. The second-order valence-corrected chi connectivity index (χ2v) is 3.78. The standard InChI is InChI=1S/C12H19N3O2/c1-17-8-7-15(10-12(13)14-16)9-11-5-3-2-4-6-11/h2-6,16H,7-10H2,1H3,(H2,13,14). The van der Waals surface area contributed by atoms with Crippen LogP contribution < -0.4 is 5.73 Å². The number of hydrogen-bond donors (Lipinski definition) is 2. The summed E-state index contributed by atoms with van der Waals surface area (Å²) in [6.07, 6.45) is 0. The Hall–Kier alpha value is -1.59. The fraction of sp³-hybridized carbons (Fsp3) is 0.417. The van der Waals surface area contributed by atoms with Gasteiger partial charge in [-0.05, 0) is 5.56 Å². The summed E-state index contributed by atoms with van der Waals surface area (Å²) < 4.78 is 5.04. The van der Waals surface area contributed by atoms with Crippen molar-refractivity contribution in [2.75, 3.05) is 26.8 Å². The number of rotatable bonds is 7. The molecular formula is C12H19N3O2. The third-order valence-electron chi connectivity index (χ3n) is 2.37. The fourth-order valence-corrected chi connectivity index (χ4v) is 1.54. The molecule has 0 unspecified atom stereocenters. The highest BCUT2D eigenvalue weighted by Crippen LogP contribution is 2.03. The zero-order chi connectivity index (χ0) is 12.5. The van der Waals surface area contributed by atoms with Crippen LogP contribution >= 0.6 is 0 Å². The Morgan fingerprint density at radius 3 is 2.71 bits per heavy atom. The van der Waals surface area contributed by atoms with E-state index < -0.39 is 0 Å². The van der Waals surface area contributed by atoms with Crippen molar-refractivity contribution in [1.29, 1.82) is 0 Å². The van der Waals surface area contributed by atoms with Gasteiger partial charge in [0, 0.05) is 20.2 Å². The number of hydrogen-bond acceptors (Lipinski definition) is 4. The lowest BCUT2D eigenvalue weighted by molar-refractivity contribution is 0.152. The van der Waals surface area contributed by atoms with Crippen molar-refractivity contribution < 1.29 is 9.94 Å². The minimum atomic E-state index is 0.206. The van der Waals surface area contributed by atoms with Gasteiger partial charge >= 0.3 is 0 Å². The van der Waals surface area contributed by atoms with Gasteiger partial charge in [0.15, 0.2) is 5.84 Å². The number of oxime groups is 1. The van der Waals surface area contributed by atoms with Gasteiger partial charge in [0.1, 0.15) is 0 Å². The van der Waals surface area contributed by atoms with Gasteiger partial charge in [-0.2, -0.15) is 0 Å². The third-order valence-corrected chi connectivity index (χ3v) is 2.37.